The summed E-state index contributed by atoms with van der Waals surface area (Å²) in [5.74, 6) is 0.548. The Morgan fingerprint density at radius 3 is 2.81 bits per heavy atom. The van der Waals surface area contributed by atoms with Gasteiger partial charge in [-0.1, -0.05) is 25.2 Å². The number of carbonyl (C=O) groups excluding carboxylic acids is 1. The molecule has 0 bridgehead atoms. The molecule has 2 heterocycles. The van der Waals surface area contributed by atoms with E-state index in [4.69, 9.17) is 5.73 Å². The van der Waals surface area contributed by atoms with Gasteiger partial charge < -0.3 is 16.4 Å². The average molecular weight is 325 g/mol. The molecule has 0 aliphatic heterocycles. The van der Waals surface area contributed by atoms with Gasteiger partial charge in [-0.3, -0.25) is 4.79 Å². The minimum absolute atomic E-state index is 0.215. The van der Waals surface area contributed by atoms with Crippen LogP contribution in [0.4, 0.5) is 10.9 Å². The number of amides is 1. The van der Waals surface area contributed by atoms with Crippen LogP contribution in [0, 0.1) is 12.8 Å². The molecule has 0 aromatic carbocycles. The predicted octanol–water partition coefficient (Wildman–Crippen LogP) is 2.49. The summed E-state index contributed by atoms with van der Waals surface area (Å²) in [6.45, 7) is 7.34. The second-order valence-electron chi connectivity index (χ2n) is 5.05. The summed E-state index contributed by atoms with van der Waals surface area (Å²) in [4.78, 5) is 21.0. The summed E-state index contributed by atoms with van der Waals surface area (Å²) in [5, 5.41) is 9.58. The largest absolute Gasteiger partial charge is 0.382 e. The lowest BCUT2D eigenvalue weighted by Crippen LogP contribution is -2.22. The van der Waals surface area contributed by atoms with Crippen molar-refractivity contribution in [3.63, 3.8) is 0 Å². The maximum Gasteiger partial charge on any atom is 0.265 e. The van der Waals surface area contributed by atoms with E-state index in [0.29, 0.717) is 22.5 Å². The van der Waals surface area contributed by atoms with Gasteiger partial charge >= 0.3 is 0 Å². The normalized spacial score (nSPS) is 10.9. The molecule has 0 unspecified atom stereocenters. The zero-order valence-corrected chi connectivity index (χ0v) is 13.9. The molecule has 0 radical (unpaired) electrons. The zero-order valence-electron chi connectivity index (χ0n) is 12.3. The fourth-order valence-electron chi connectivity index (χ4n) is 1.60. The molecule has 0 spiro atoms. The van der Waals surface area contributed by atoms with Crippen LogP contribution in [0.25, 0.3) is 0 Å². The van der Waals surface area contributed by atoms with Crippen molar-refractivity contribution in [3.8, 4) is 0 Å². The number of hydrogen-bond acceptors (Lipinski definition) is 7. The average Bonchev–Trinajstić information content (AvgIpc) is 3.00. The first-order valence-electron chi connectivity index (χ1n) is 6.65. The Hall–Kier alpha value is -1.67. The minimum Gasteiger partial charge on any atom is -0.382 e. The summed E-state index contributed by atoms with van der Waals surface area (Å²) >= 11 is 2.83. The number of nitrogens with zero attached hydrogens (tertiary/aromatic N) is 2. The van der Waals surface area contributed by atoms with E-state index in [2.05, 4.69) is 34.4 Å². The number of nitrogens with one attached hydrogen (secondary N) is 2. The van der Waals surface area contributed by atoms with Crippen molar-refractivity contribution in [1.29, 1.82) is 0 Å². The Morgan fingerprint density at radius 1 is 1.43 bits per heavy atom. The topological polar surface area (TPSA) is 92.9 Å². The highest BCUT2D eigenvalue weighted by Gasteiger charge is 2.16. The number of thiazole rings is 2. The molecule has 2 aromatic rings. The second kappa shape index (κ2) is 6.86. The van der Waals surface area contributed by atoms with Crippen LogP contribution in [-0.2, 0) is 6.54 Å². The Labute approximate surface area is 131 Å². The molecule has 0 saturated carbocycles. The van der Waals surface area contributed by atoms with Crippen molar-refractivity contribution in [3.05, 3.63) is 21.0 Å². The van der Waals surface area contributed by atoms with Crippen LogP contribution in [0.1, 0.15) is 34.2 Å². The lowest BCUT2D eigenvalue weighted by molar-refractivity contribution is 0.0955. The van der Waals surface area contributed by atoms with Crippen LogP contribution in [0.3, 0.4) is 0 Å². The monoisotopic (exact) mass is 325 g/mol. The Kier molecular flexibility index (Phi) is 5.13. The predicted molar refractivity (Wildman–Crippen MR) is 87.9 cm³/mol. The molecule has 6 nitrogen and oxygen atoms in total. The molecule has 0 atom stereocenters. The van der Waals surface area contributed by atoms with Gasteiger partial charge in [0.05, 0.1) is 17.2 Å². The van der Waals surface area contributed by atoms with Gasteiger partial charge in [-0.15, -0.1) is 11.3 Å². The maximum atomic E-state index is 12.1. The van der Waals surface area contributed by atoms with Gasteiger partial charge in [-0.05, 0) is 12.8 Å². The van der Waals surface area contributed by atoms with E-state index in [1.807, 2.05) is 12.3 Å². The van der Waals surface area contributed by atoms with Crippen molar-refractivity contribution in [2.24, 2.45) is 5.92 Å². The van der Waals surface area contributed by atoms with Crippen molar-refractivity contribution in [2.75, 3.05) is 17.6 Å². The smallest absolute Gasteiger partial charge is 0.265 e. The number of anilines is 2. The fraction of sp³-hybridized carbons (Fsp3) is 0.462. The Balaban J connectivity index is 1.95. The van der Waals surface area contributed by atoms with Crippen molar-refractivity contribution in [2.45, 2.75) is 27.3 Å². The molecule has 21 heavy (non-hydrogen) atoms. The summed E-state index contributed by atoms with van der Waals surface area (Å²) in [6.07, 6.45) is 0. The van der Waals surface area contributed by atoms with E-state index < -0.39 is 0 Å². The molecule has 0 saturated heterocycles. The lowest BCUT2D eigenvalue weighted by atomic mass is 10.2. The number of nitrogen functional groups attached to an aromatic ring is 1. The number of aryl methyl sites for hydroxylation is 1. The van der Waals surface area contributed by atoms with E-state index in [1.54, 1.807) is 11.3 Å². The van der Waals surface area contributed by atoms with E-state index in [0.717, 1.165) is 17.2 Å². The van der Waals surface area contributed by atoms with Crippen LogP contribution in [0.2, 0.25) is 0 Å². The summed E-state index contributed by atoms with van der Waals surface area (Å²) in [7, 11) is 0. The van der Waals surface area contributed by atoms with E-state index in [9.17, 15) is 4.79 Å². The van der Waals surface area contributed by atoms with Crippen LogP contribution in [0.5, 0.6) is 0 Å². The molecule has 8 heteroatoms. The zero-order chi connectivity index (χ0) is 15.4. The van der Waals surface area contributed by atoms with Crippen LogP contribution in [-0.4, -0.2) is 22.4 Å². The molecule has 2 rings (SSSR count). The van der Waals surface area contributed by atoms with Gasteiger partial charge in [0.1, 0.15) is 10.7 Å². The fourth-order valence-corrected chi connectivity index (χ4v) is 3.02. The molecule has 0 aliphatic carbocycles. The summed E-state index contributed by atoms with van der Waals surface area (Å²) in [6, 6.07) is 0. The number of nitrogens with two attached hydrogens (primary N) is 1. The number of hydrogen-bond donors (Lipinski definition) is 3. The molecule has 1 amide bonds. The SMILES string of the molecule is Cc1nc(CNC(=O)c2sc(NCC(C)C)nc2N)cs1. The molecule has 0 aliphatic rings. The van der Waals surface area contributed by atoms with Gasteiger partial charge in [0, 0.05) is 11.9 Å². The van der Waals surface area contributed by atoms with Crippen molar-refractivity contribution < 1.29 is 4.79 Å². The van der Waals surface area contributed by atoms with Gasteiger partial charge in [-0.25, -0.2) is 9.97 Å². The number of aromatic nitrogens is 2. The first-order valence-corrected chi connectivity index (χ1v) is 8.34. The first-order chi connectivity index (χ1) is 9.95. The summed E-state index contributed by atoms with van der Waals surface area (Å²) < 4.78 is 0. The quantitative estimate of drug-likeness (QED) is 0.759. The van der Waals surface area contributed by atoms with Gasteiger partial charge in [0.25, 0.3) is 5.91 Å². The highest BCUT2D eigenvalue weighted by Crippen LogP contribution is 2.25. The molecular weight excluding hydrogens is 306 g/mol. The van der Waals surface area contributed by atoms with Gasteiger partial charge in [-0.2, -0.15) is 0 Å². The van der Waals surface area contributed by atoms with Crippen molar-refractivity contribution in [1.82, 2.24) is 15.3 Å². The molecule has 0 fully saturated rings. The van der Waals surface area contributed by atoms with E-state index in [1.165, 1.54) is 11.3 Å². The Morgan fingerprint density at radius 2 is 2.19 bits per heavy atom. The third-order valence-electron chi connectivity index (χ3n) is 2.62. The molecule has 4 N–H and O–H groups in total. The highest BCUT2D eigenvalue weighted by molar-refractivity contribution is 7.18. The lowest BCUT2D eigenvalue weighted by Gasteiger charge is -2.04. The first kappa shape index (κ1) is 15.7. The Bertz CT molecular complexity index is 620. The molecule has 2 aromatic heterocycles. The highest BCUT2D eigenvalue weighted by atomic mass is 32.1. The number of carbonyl (C=O) groups is 1. The third-order valence-corrected chi connectivity index (χ3v) is 4.47. The second-order valence-corrected chi connectivity index (χ2v) is 7.11. The van der Waals surface area contributed by atoms with E-state index >= 15 is 0 Å². The van der Waals surface area contributed by atoms with Crippen LogP contribution < -0.4 is 16.4 Å². The van der Waals surface area contributed by atoms with Gasteiger partial charge in [0.2, 0.25) is 0 Å². The van der Waals surface area contributed by atoms with E-state index in [-0.39, 0.29) is 11.7 Å². The maximum absolute atomic E-state index is 12.1. The standard InChI is InChI=1S/C13H19N5OS2/c1-7(2)4-16-13-18-11(14)10(21-13)12(19)15-5-9-6-20-8(3)17-9/h6-7H,4-5,14H2,1-3H3,(H,15,19)(H,16,18). The minimum atomic E-state index is -0.215. The third kappa shape index (κ3) is 4.40. The summed E-state index contributed by atoms with van der Waals surface area (Å²) in [5.41, 5.74) is 6.66. The van der Waals surface area contributed by atoms with Crippen LogP contribution in [0.15, 0.2) is 5.38 Å². The molecule has 114 valence electrons. The number of rotatable bonds is 6. The van der Waals surface area contributed by atoms with Crippen molar-refractivity contribution >= 4 is 39.5 Å². The van der Waals surface area contributed by atoms with Gasteiger partial charge in [0.15, 0.2) is 5.13 Å². The van der Waals surface area contributed by atoms with Crippen LogP contribution >= 0.6 is 22.7 Å². The molecular formula is C13H19N5OS2.